The van der Waals surface area contributed by atoms with E-state index in [2.05, 4.69) is 10.3 Å². The molecule has 2 amide bonds. The van der Waals surface area contributed by atoms with Crippen LogP contribution in [0, 0.1) is 5.92 Å². The number of primary amides is 1. The van der Waals surface area contributed by atoms with Crippen molar-refractivity contribution in [3.63, 3.8) is 0 Å². The molecule has 7 heteroatoms. The summed E-state index contributed by atoms with van der Waals surface area (Å²) in [6, 6.07) is 2.16. The number of amides is 2. The molecule has 1 unspecified atom stereocenters. The van der Waals surface area contributed by atoms with Crippen LogP contribution in [0.2, 0.25) is 5.02 Å². The fraction of sp³-hybridized carbons (Fsp3) is 0.364. The summed E-state index contributed by atoms with van der Waals surface area (Å²) in [7, 11) is 0. The lowest BCUT2D eigenvalue weighted by molar-refractivity contribution is -0.120. The van der Waals surface area contributed by atoms with Gasteiger partial charge in [0.1, 0.15) is 17.6 Å². The summed E-state index contributed by atoms with van der Waals surface area (Å²) in [5, 5.41) is 2.65. The van der Waals surface area contributed by atoms with Gasteiger partial charge < -0.3 is 16.8 Å². The lowest BCUT2D eigenvalue weighted by Crippen LogP contribution is -2.47. The molecule has 98 valence electrons. The van der Waals surface area contributed by atoms with Crippen molar-refractivity contribution >= 4 is 29.2 Å². The molecular weight excluding hydrogens is 256 g/mol. The number of nitrogens with zero attached hydrogens (tertiary/aromatic N) is 1. The van der Waals surface area contributed by atoms with Gasteiger partial charge in [-0.15, -0.1) is 0 Å². The molecule has 0 bridgehead atoms. The van der Waals surface area contributed by atoms with Gasteiger partial charge in [0, 0.05) is 0 Å². The Bertz CT molecular complexity index is 476. The van der Waals surface area contributed by atoms with Crippen LogP contribution in [0.3, 0.4) is 0 Å². The Balaban J connectivity index is 2.94. The zero-order valence-corrected chi connectivity index (χ0v) is 10.9. The highest BCUT2D eigenvalue weighted by atomic mass is 35.5. The van der Waals surface area contributed by atoms with Crippen LogP contribution in [0.1, 0.15) is 24.3 Å². The molecule has 18 heavy (non-hydrogen) atoms. The Morgan fingerprint density at radius 3 is 2.50 bits per heavy atom. The van der Waals surface area contributed by atoms with E-state index in [9.17, 15) is 9.59 Å². The van der Waals surface area contributed by atoms with Crippen molar-refractivity contribution in [1.29, 1.82) is 0 Å². The number of pyridine rings is 1. The average Bonchev–Trinajstić information content (AvgIpc) is 2.28. The Morgan fingerprint density at radius 1 is 1.39 bits per heavy atom. The standard InChI is InChI=1S/C11H15ClN4O2/c1-5(2)8(10(14)17)16-11(18)9-6(12)3-4-7(13)15-9/h3-5,8H,1-2H3,(H2,13,15)(H2,14,17)(H,16,18). The smallest absolute Gasteiger partial charge is 0.272 e. The van der Waals surface area contributed by atoms with Gasteiger partial charge in [0.15, 0.2) is 0 Å². The SMILES string of the molecule is CC(C)C(NC(=O)c1nc(N)ccc1Cl)C(N)=O. The van der Waals surface area contributed by atoms with Crippen LogP contribution in [0.15, 0.2) is 12.1 Å². The fourth-order valence-electron chi connectivity index (χ4n) is 1.39. The van der Waals surface area contributed by atoms with Gasteiger partial charge in [-0.1, -0.05) is 25.4 Å². The topological polar surface area (TPSA) is 111 Å². The second kappa shape index (κ2) is 5.68. The third-order valence-corrected chi connectivity index (χ3v) is 2.65. The number of nitrogens with two attached hydrogens (primary N) is 2. The van der Waals surface area contributed by atoms with Crippen LogP contribution in [0.25, 0.3) is 0 Å². The molecule has 5 N–H and O–H groups in total. The van der Waals surface area contributed by atoms with Crippen LogP contribution in [-0.2, 0) is 4.79 Å². The van der Waals surface area contributed by atoms with E-state index in [-0.39, 0.29) is 22.5 Å². The first kappa shape index (κ1) is 14.2. The van der Waals surface area contributed by atoms with Crippen molar-refractivity contribution < 1.29 is 9.59 Å². The number of anilines is 1. The summed E-state index contributed by atoms with van der Waals surface area (Å²) in [5.41, 5.74) is 10.7. The number of aromatic nitrogens is 1. The van der Waals surface area contributed by atoms with Crippen molar-refractivity contribution in [1.82, 2.24) is 10.3 Å². The minimum Gasteiger partial charge on any atom is -0.384 e. The summed E-state index contributed by atoms with van der Waals surface area (Å²) < 4.78 is 0. The molecule has 0 saturated heterocycles. The molecule has 1 heterocycles. The molecule has 0 radical (unpaired) electrons. The quantitative estimate of drug-likeness (QED) is 0.742. The van der Waals surface area contributed by atoms with Crippen molar-refractivity contribution in [3.8, 4) is 0 Å². The van der Waals surface area contributed by atoms with Gasteiger partial charge in [-0.2, -0.15) is 0 Å². The van der Waals surface area contributed by atoms with E-state index in [0.29, 0.717) is 0 Å². The zero-order chi connectivity index (χ0) is 13.9. The van der Waals surface area contributed by atoms with Crippen molar-refractivity contribution in [2.45, 2.75) is 19.9 Å². The maximum absolute atomic E-state index is 11.9. The second-order valence-corrected chi connectivity index (χ2v) is 4.57. The van der Waals surface area contributed by atoms with Crippen molar-refractivity contribution in [2.75, 3.05) is 5.73 Å². The number of nitrogens with one attached hydrogen (secondary N) is 1. The predicted molar refractivity (Wildman–Crippen MR) is 68.9 cm³/mol. The average molecular weight is 271 g/mol. The molecular formula is C11H15ClN4O2. The van der Waals surface area contributed by atoms with Crippen LogP contribution in [0.5, 0.6) is 0 Å². The first-order chi connectivity index (χ1) is 8.32. The van der Waals surface area contributed by atoms with E-state index in [0.717, 1.165) is 0 Å². The molecule has 0 aliphatic heterocycles. The van der Waals surface area contributed by atoms with E-state index in [1.165, 1.54) is 12.1 Å². The molecule has 1 aromatic heterocycles. The van der Waals surface area contributed by atoms with E-state index >= 15 is 0 Å². The number of hydrogen-bond donors (Lipinski definition) is 3. The second-order valence-electron chi connectivity index (χ2n) is 4.16. The Labute approximate surface area is 110 Å². The highest BCUT2D eigenvalue weighted by Gasteiger charge is 2.24. The lowest BCUT2D eigenvalue weighted by Gasteiger charge is -2.18. The van der Waals surface area contributed by atoms with Crippen LogP contribution < -0.4 is 16.8 Å². The summed E-state index contributed by atoms with van der Waals surface area (Å²) in [6.45, 7) is 3.54. The molecule has 0 saturated carbocycles. The third-order valence-electron chi connectivity index (χ3n) is 2.34. The molecule has 0 spiro atoms. The van der Waals surface area contributed by atoms with E-state index in [4.69, 9.17) is 23.1 Å². The van der Waals surface area contributed by atoms with Crippen LogP contribution in [0.4, 0.5) is 5.82 Å². The summed E-state index contributed by atoms with van der Waals surface area (Å²) in [5.74, 6) is -1.15. The monoisotopic (exact) mass is 270 g/mol. The van der Waals surface area contributed by atoms with Gasteiger partial charge in [0.05, 0.1) is 5.02 Å². The highest BCUT2D eigenvalue weighted by molar-refractivity contribution is 6.33. The minimum absolute atomic E-state index is 0.0245. The molecule has 1 aromatic rings. The predicted octanol–water partition coefficient (Wildman–Crippen LogP) is 0.557. The van der Waals surface area contributed by atoms with E-state index in [1.54, 1.807) is 13.8 Å². The number of carbonyl (C=O) groups is 2. The number of nitrogen functional groups attached to an aromatic ring is 1. The first-order valence-corrected chi connectivity index (χ1v) is 5.73. The number of rotatable bonds is 4. The Morgan fingerprint density at radius 2 is 2.00 bits per heavy atom. The van der Waals surface area contributed by atoms with E-state index in [1.807, 2.05) is 0 Å². The van der Waals surface area contributed by atoms with Gasteiger partial charge in [0.25, 0.3) is 5.91 Å². The normalized spacial score (nSPS) is 12.2. The molecule has 0 fully saturated rings. The largest absolute Gasteiger partial charge is 0.384 e. The van der Waals surface area contributed by atoms with Gasteiger partial charge in [-0.05, 0) is 18.1 Å². The fourth-order valence-corrected chi connectivity index (χ4v) is 1.58. The van der Waals surface area contributed by atoms with Gasteiger partial charge in [-0.3, -0.25) is 9.59 Å². The number of halogens is 1. The Hall–Kier alpha value is -1.82. The van der Waals surface area contributed by atoms with Crippen molar-refractivity contribution in [3.05, 3.63) is 22.8 Å². The minimum atomic E-state index is -0.781. The van der Waals surface area contributed by atoms with E-state index < -0.39 is 17.9 Å². The summed E-state index contributed by atoms with van der Waals surface area (Å²) in [6.07, 6.45) is 0. The molecule has 1 atom stereocenters. The maximum Gasteiger partial charge on any atom is 0.272 e. The number of hydrogen-bond acceptors (Lipinski definition) is 4. The highest BCUT2D eigenvalue weighted by Crippen LogP contribution is 2.15. The Kier molecular flexibility index (Phi) is 4.49. The summed E-state index contributed by atoms with van der Waals surface area (Å²) in [4.78, 5) is 26.9. The first-order valence-electron chi connectivity index (χ1n) is 5.35. The number of carbonyl (C=O) groups excluding carboxylic acids is 2. The zero-order valence-electron chi connectivity index (χ0n) is 10.1. The molecule has 0 aliphatic carbocycles. The molecule has 1 rings (SSSR count). The lowest BCUT2D eigenvalue weighted by atomic mass is 10.0. The van der Waals surface area contributed by atoms with Gasteiger partial charge >= 0.3 is 0 Å². The maximum atomic E-state index is 11.9. The van der Waals surface area contributed by atoms with Crippen LogP contribution >= 0.6 is 11.6 Å². The third kappa shape index (κ3) is 3.33. The van der Waals surface area contributed by atoms with Gasteiger partial charge in [0.2, 0.25) is 5.91 Å². The van der Waals surface area contributed by atoms with Crippen molar-refractivity contribution in [2.24, 2.45) is 11.7 Å². The molecule has 0 aliphatic rings. The van der Waals surface area contributed by atoms with Crippen LogP contribution in [-0.4, -0.2) is 22.8 Å². The molecule has 0 aromatic carbocycles. The summed E-state index contributed by atoms with van der Waals surface area (Å²) >= 11 is 5.84. The molecule has 6 nitrogen and oxygen atoms in total. The van der Waals surface area contributed by atoms with Gasteiger partial charge in [-0.25, -0.2) is 4.98 Å².